The van der Waals surface area contributed by atoms with Gasteiger partial charge in [-0.25, -0.2) is 0 Å². The van der Waals surface area contributed by atoms with Gasteiger partial charge < -0.3 is 24.8 Å². The topological polar surface area (TPSA) is 0 Å². The van der Waals surface area contributed by atoms with Gasteiger partial charge in [-0.15, -0.1) is 40.5 Å². The van der Waals surface area contributed by atoms with E-state index in [9.17, 15) is 0 Å². The van der Waals surface area contributed by atoms with E-state index in [0.717, 1.165) is 6.42 Å². The Morgan fingerprint density at radius 3 is 1.77 bits per heavy atom. The third kappa shape index (κ3) is 5.49. The van der Waals surface area contributed by atoms with Gasteiger partial charge in [-0.3, -0.25) is 0 Å². The van der Waals surface area contributed by atoms with Gasteiger partial charge in [0.05, 0.1) is 0 Å². The first-order valence-corrected chi connectivity index (χ1v) is 13.1. The monoisotopic (exact) mass is 631 g/mol. The van der Waals surface area contributed by atoms with Crippen LogP contribution in [0.5, 0.6) is 0 Å². The van der Waals surface area contributed by atoms with Gasteiger partial charge in [0.25, 0.3) is 0 Å². The van der Waals surface area contributed by atoms with E-state index in [1.54, 1.807) is 0 Å². The van der Waals surface area contributed by atoms with Gasteiger partial charge in [0.2, 0.25) is 0 Å². The molecule has 2 aliphatic carbocycles. The quantitative estimate of drug-likeness (QED) is 0.262. The van der Waals surface area contributed by atoms with Crippen LogP contribution in [0, 0.1) is 6.08 Å². The first-order valence-electron chi connectivity index (χ1n) is 13.1. The number of halogens is 2. The Morgan fingerprint density at radius 2 is 1.07 bits per heavy atom. The van der Waals surface area contributed by atoms with Gasteiger partial charge in [-0.1, -0.05) is 133 Å². The fourth-order valence-electron chi connectivity index (χ4n) is 6.13. The number of allylic oxidation sites excluding steroid dienone is 2. The Hall–Kier alpha value is -2.96. The fourth-order valence-corrected chi connectivity index (χ4v) is 6.13. The molecule has 2 atom stereocenters. The second-order valence-corrected chi connectivity index (χ2v) is 9.99. The van der Waals surface area contributed by atoms with Crippen molar-refractivity contribution >= 4 is 17.2 Å². The number of benzene rings is 5. The summed E-state index contributed by atoms with van der Waals surface area (Å²) in [5, 5.41) is 0. The molecule has 2 aliphatic rings. The predicted octanol–water partition coefficient (Wildman–Crippen LogP) is 2.95. The summed E-state index contributed by atoms with van der Waals surface area (Å²) < 4.78 is 0. The third-order valence-electron chi connectivity index (χ3n) is 7.83. The average molecular weight is 634 g/mol. The van der Waals surface area contributed by atoms with Gasteiger partial charge in [0.15, 0.2) is 0 Å². The molecule has 0 saturated carbocycles. The third-order valence-corrected chi connectivity index (χ3v) is 7.83. The summed E-state index contributed by atoms with van der Waals surface area (Å²) in [5.74, 6) is 0.467. The largest absolute Gasteiger partial charge is 3.00 e. The Balaban J connectivity index is 0.00000123. The summed E-state index contributed by atoms with van der Waals surface area (Å²) in [6, 6.07) is 48.3. The minimum absolute atomic E-state index is 0. The molecule has 2 unspecified atom stereocenters. The maximum Gasteiger partial charge on any atom is 3.00 e. The summed E-state index contributed by atoms with van der Waals surface area (Å²) in [4.78, 5) is 0. The van der Waals surface area contributed by atoms with E-state index in [1.165, 1.54) is 55.7 Å². The molecule has 5 aromatic carbocycles. The molecule has 0 amide bonds. The van der Waals surface area contributed by atoms with Crippen molar-refractivity contribution in [3.05, 3.63) is 184 Å². The molecule has 0 spiro atoms. The molecular weight excluding hydrogens is 607 g/mol. The number of hydrogen-bond acceptors (Lipinski definition) is 0. The van der Waals surface area contributed by atoms with Crippen molar-refractivity contribution in [1.29, 1.82) is 0 Å². The van der Waals surface area contributed by atoms with Crippen molar-refractivity contribution in [3.63, 3.8) is 0 Å². The second-order valence-electron chi connectivity index (χ2n) is 9.99. The molecule has 0 nitrogen and oxygen atoms in total. The smallest absolute Gasteiger partial charge is 1.00 e. The van der Waals surface area contributed by atoms with Crippen molar-refractivity contribution in [3.8, 4) is 0 Å². The number of hydrogen-bond donors (Lipinski definition) is 0. The molecule has 3 heteroatoms. The number of rotatable bonds is 5. The average Bonchev–Trinajstić information content (AvgIpc) is 3.54. The predicted molar refractivity (Wildman–Crippen MR) is 154 cm³/mol. The van der Waals surface area contributed by atoms with Crippen LogP contribution in [0.4, 0.5) is 0 Å². The molecule has 0 fully saturated rings. The van der Waals surface area contributed by atoms with Crippen LogP contribution in [0.15, 0.2) is 133 Å². The Morgan fingerprint density at radius 1 is 0.525 bits per heavy atom. The molecule has 7 rings (SSSR count). The zero-order valence-corrected chi connectivity index (χ0v) is 25.9. The van der Waals surface area contributed by atoms with Crippen molar-refractivity contribution in [2.75, 3.05) is 0 Å². The maximum absolute atomic E-state index is 3.96. The summed E-state index contributed by atoms with van der Waals surface area (Å²) in [7, 11) is 0. The van der Waals surface area contributed by atoms with Crippen LogP contribution in [-0.2, 0) is 32.6 Å². The first-order chi connectivity index (χ1) is 18.4. The van der Waals surface area contributed by atoms with E-state index in [-0.39, 0.29) is 62.9 Å². The summed E-state index contributed by atoms with van der Waals surface area (Å²) >= 11 is 0. The SMILES string of the molecule is [C-]1=C(c2ccccc2)C(Cc2ccccc2)c2cccc(C3C(c4ccccc4)=Cc4ccccc43)c21.[Cl-].[Cl-].[Zr+3]. The van der Waals surface area contributed by atoms with Crippen LogP contribution < -0.4 is 24.8 Å². The molecule has 1 radical (unpaired) electrons. The minimum Gasteiger partial charge on any atom is -1.00 e. The molecule has 0 aromatic heterocycles. The van der Waals surface area contributed by atoms with Gasteiger partial charge >= 0.3 is 26.2 Å². The summed E-state index contributed by atoms with van der Waals surface area (Å²) in [5.41, 5.74) is 13.3. The minimum atomic E-state index is 0. The van der Waals surface area contributed by atoms with E-state index in [1.807, 2.05) is 0 Å². The summed E-state index contributed by atoms with van der Waals surface area (Å²) in [6.45, 7) is 0. The van der Waals surface area contributed by atoms with Crippen LogP contribution in [0.3, 0.4) is 0 Å². The van der Waals surface area contributed by atoms with Crippen LogP contribution in [0.25, 0.3) is 17.2 Å². The molecule has 0 aliphatic heterocycles. The molecule has 40 heavy (non-hydrogen) atoms. The van der Waals surface area contributed by atoms with Gasteiger partial charge in [-0.2, -0.15) is 0 Å². The molecule has 0 N–H and O–H groups in total. The van der Waals surface area contributed by atoms with Crippen molar-refractivity contribution in [2.24, 2.45) is 0 Å². The molecule has 0 bridgehead atoms. The van der Waals surface area contributed by atoms with Crippen molar-refractivity contribution in [2.45, 2.75) is 18.3 Å². The van der Waals surface area contributed by atoms with Crippen molar-refractivity contribution in [1.82, 2.24) is 0 Å². The molecule has 0 heterocycles. The molecule has 193 valence electrons. The van der Waals surface area contributed by atoms with Crippen LogP contribution in [0.1, 0.15) is 56.3 Å². The van der Waals surface area contributed by atoms with E-state index in [2.05, 4.69) is 146 Å². The van der Waals surface area contributed by atoms with E-state index in [4.69, 9.17) is 0 Å². The van der Waals surface area contributed by atoms with E-state index < -0.39 is 0 Å². The normalized spacial score (nSPS) is 16.3. The van der Waals surface area contributed by atoms with Crippen LogP contribution in [-0.4, -0.2) is 0 Å². The van der Waals surface area contributed by atoms with Crippen LogP contribution in [0.2, 0.25) is 0 Å². The maximum atomic E-state index is 3.96. The molecule has 0 saturated heterocycles. The molecule has 5 aromatic rings. The Kier molecular flexibility index (Phi) is 9.86. The van der Waals surface area contributed by atoms with E-state index >= 15 is 0 Å². The van der Waals surface area contributed by atoms with Gasteiger partial charge in [0, 0.05) is 5.92 Å². The van der Waals surface area contributed by atoms with E-state index in [0.29, 0.717) is 0 Å². The Bertz CT molecular complexity index is 1640. The summed E-state index contributed by atoms with van der Waals surface area (Å²) in [6.07, 6.45) is 7.31. The Labute approximate surface area is 268 Å². The van der Waals surface area contributed by atoms with Gasteiger partial charge in [0.1, 0.15) is 0 Å². The van der Waals surface area contributed by atoms with Gasteiger partial charge in [-0.05, 0) is 40.2 Å². The fraction of sp³-hybridized carbons (Fsp3) is 0.0811. The number of fused-ring (bicyclic) bond motifs is 2. The second kappa shape index (κ2) is 13.1. The zero-order valence-electron chi connectivity index (χ0n) is 21.9. The zero-order chi connectivity index (χ0) is 24.6. The van der Waals surface area contributed by atoms with Crippen molar-refractivity contribution < 1.29 is 51.0 Å². The molecular formula is C37H27Cl2Zr. The van der Waals surface area contributed by atoms with Crippen LogP contribution >= 0.6 is 0 Å². The first kappa shape index (κ1) is 30.0. The standard InChI is InChI=1S/C37H27.2ClH.Zr/c1-4-13-26(14-5-1)23-35-31-21-12-22-32(36(31)25-33(35)27-15-6-2-7-16-27)37-30-20-11-10-19-29(30)24-34(37)28-17-8-3-9-18-28;;;/h1-22,24,35,37H,23H2;2*1H;/q-1;;;+3/p-2.